The highest BCUT2D eigenvalue weighted by atomic mass is 32.2. The number of nitrogens with zero attached hydrogens (tertiary/aromatic N) is 4. The summed E-state index contributed by atoms with van der Waals surface area (Å²) in [5, 5.41) is 0. The number of likely N-dealkylation sites (tertiary alicyclic amines) is 1. The van der Waals surface area contributed by atoms with Gasteiger partial charge in [-0.25, -0.2) is 9.20 Å². The van der Waals surface area contributed by atoms with E-state index in [9.17, 15) is 9.00 Å². The van der Waals surface area contributed by atoms with Crippen molar-refractivity contribution in [1.82, 2.24) is 4.90 Å². The van der Waals surface area contributed by atoms with Crippen LogP contribution in [0.3, 0.4) is 0 Å². The maximum absolute atomic E-state index is 13.2. The van der Waals surface area contributed by atoms with Gasteiger partial charge in [0.1, 0.15) is 0 Å². The first-order valence-electron chi connectivity index (χ1n) is 12.6. The number of hydrogen-bond acceptors (Lipinski definition) is 6. The zero-order valence-electron chi connectivity index (χ0n) is 20.3. The SMILES string of the molecule is CC(C)CCC1=CC2=C(CN3C(=N2)N(CCCN2CCCCC2)c2cc(C(N)=O)ccc23)S1=O. The average Bonchev–Trinajstić information content (AvgIpc) is 3.30. The van der Waals surface area contributed by atoms with Crippen LogP contribution in [0.4, 0.5) is 11.4 Å². The number of fused-ring (bicyclic) bond motifs is 3. The Hall–Kier alpha value is -2.45. The molecule has 1 aromatic carbocycles. The molecule has 0 spiro atoms. The topological polar surface area (TPSA) is 82.2 Å². The fourth-order valence-corrected chi connectivity index (χ4v) is 6.62. The Bertz CT molecular complexity index is 1100. The molecule has 1 saturated heterocycles. The second-order valence-electron chi connectivity index (χ2n) is 10.1. The number of carbonyl (C=O) groups is 1. The molecule has 0 radical (unpaired) electrons. The van der Waals surface area contributed by atoms with Gasteiger partial charge in [0.15, 0.2) is 0 Å². The smallest absolute Gasteiger partial charge is 0.248 e. The van der Waals surface area contributed by atoms with E-state index in [0.29, 0.717) is 18.0 Å². The van der Waals surface area contributed by atoms with E-state index in [4.69, 9.17) is 10.7 Å². The van der Waals surface area contributed by atoms with Gasteiger partial charge in [-0.3, -0.25) is 4.79 Å². The third-order valence-electron chi connectivity index (χ3n) is 7.16. The summed E-state index contributed by atoms with van der Waals surface area (Å²) in [6.45, 7) is 9.20. The first-order chi connectivity index (χ1) is 16.4. The first kappa shape index (κ1) is 23.3. The van der Waals surface area contributed by atoms with Crippen molar-refractivity contribution < 1.29 is 9.00 Å². The highest BCUT2D eigenvalue weighted by molar-refractivity contribution is 7.93. The summed E-state index contributed by atoms with van der Waals surface area (Å²) in [7, 11) is -1.12. The van der Waals surface area contributed by atoms with E-state index in [1.807, 2.05) is 18.2 Å². The average molecular weight is 482 g/mol. The van der Waals surface area contributed by atoms with Crippen LogP contribution < -0.4 is 15.5 Å². The van der Waals surface area contributed by atoms with Crippen LogP contribution in [0.15, 0.2) is 44.8 Å². The van der Waals surface area contributed by atoms with E-state index in [0.717, 1.165) is 65.2 Å². The fourth-order valence-electron chi connectivity index (χ4n) is 5.24. The van der Waals surface area contributed by atoms with Gasteiger partial charge in [-0.1, -0.05) is 20.3 Å². The highest BCUT2D eigenvalue weighted by Gasteiger charge is 2.39. The Morgan fingerprint density at radius 2 is 1.94 bits per heavy atom. The van der Waals surface area contributed by atoms with E-state index in [1.165, 1.54) is 32.4 Å². The summed E-state index contributed by atoms with van der Waals surface area (Å²) < 4.78 is 13.2. The first-order valence-corrected chi connectivity index (χ1v) is 13.7. The lowest BCUT2D eigenvalue weighted by atomic mass is 10.1. The van der Waals surface area contributed by atoms with Crippen LogP contribution in [0.1, 0.15) is 62.7 Å². The minimum atomic E-state index is -1.12. The molecular weight excluding hydrogens is 446 g/mol. The Balaban J connectivity index is 1.41. The lowest BCUT2D eigenvalue weighted by Gasteiger charge is -2.29. The van der Waals surface area contributed by atoms with Gasteiger partial charge in [0, 0.05) is 17.0 Å². The van der Waals surface area contributed by atoms with Crippen LogP contribution in [-0.4, -0.2) is 53.7 Å². The summed E-state index contributed by atoms with van der Waals surface area (Å²) in [4.78, 5) is 25.7. The van der Waals surface area contributed by atoms with Gasteiger partial charge in [0.25, 0.3) is 0 Å². The predicted molar refractivity (Wildman–Crippen MR) is 139 cm³/mol. The molecule has 1 fully saturated rings. The Morgan fingerprint density at radius 1 is 1.15 bits per heavy atom. The second-order valence-corrected chi connectivity index (χ2v) is 11.6. The molecule has 34 heavy (non-hydrogen) atoms. The molecule has 1 aromatic rings. The highest BCUT2D eigenvalue weighted by Crippen LogP contribution is 2.43. The molecular formula is C26H35N5O2S. The monoisotopic (exact) mass is 481 g/mol. The van der Waals surface area contributed by atoms with Crippen molar-refractivity contribution >= 4 is 34.0 Å². The largest absolute Gasteiger partial charge is 0.366 e. The van der Waals surface area contributed by atoms with Crippen LogP contribution in [0.25, 0.3) is 0 Å². The van der Waals surface area contributed by atoms with Gasteiger partial charge in [-0.2, -0.15) is 0 Å². The number of piperidine rings is 1. The third-order valence-corrected chi connectivity index (χ3v) is 8.75. The number of hydrogen-bond donors (Lipinski definition) is 1. The normalized spacial score (nSPS) is 22.0. The van der Waals surface area contributed by atoms with Crippen molar-refractivity contribution in [3.63, 3.8) is 0 Å². The van der Waals surface area contributed by atoms with Crippen molar-refractivity contribution in [2.75, 3.05) is 42.5 Å². The molecule has 7 nitrogen and oxygen atoms in total. The van der Waals surface area contributed by atoms with Crippen molar-refractivity contribution in [2.45, 2.75) is 52.4 Å². The molecule has 0 aliphatic carbocycles. The van der Waals surface area contributed by atoms with Crippen LogP contribution >= 0.6 is 0 Å². The number of rotatable bonds is 8. The number of anilines is 2. The molecule has 0 bridgehead atoms. The Labute approximate surface area is 204 Å². The summed E-state index contributed by atoms with van der Waals surface area (Å²) in [5.41, 5.74) is 8.91. The predicted octanol–water partition coefficient (Wildman–Crippen LogP) is 3.95. The molecule has 0 saturated carbocycles. The van der Waals surface area contributed by atoms with Gasteiger partial charge in [0.05, 0.1) is 39.3 Å². The maximum Gasteiger partial charge on any atom is 0.248 e. The molecule has 8 heteroatoms. The zero-order valence-corrected chi connectivity index (χ0v) is 21.1. The lowest BCUT2D eigenvalue weighted by molar-refractivity contribution is 0.100. The number of benzene rings is 1. The molecule has 1 unspecified atom stereocenters. The zero-order chi connectivity index (χ0) is 23.8. The van der Waals surface area contributed by atoms with Crippen LogP contribution in [-0.2, 0) is 10.8 Å². The number of primary amides is 1. The quantitative estimate of drug-likeness (QED) is 0.608. The second kappa shape index (κ2) is 9.66. The van der Waals surface area contributed by atoms with E-state index in [1.54, 1.807) is 6.07 Å². The minimum Gasteiger partial charge on any atom is -0.366 e. The molecule has 1 atom stereocenters. The van der Waals surface area contributed by atoms with Gasteiger partial charge < -0.3 is 20.4 Å². The van der Waals surface area contributed by atoms with Gasteiger partial charge >= 0.3 is 0 Å². The third kappa shape index (κ3) is 4.45. The maximum atomic E-state index is 13.2. The summed E-state index contributed by atoms with van der Waals surface area (Å²) in [5.74, 6) is 1.02. The van der Waals surface area contributed by atoms with Gasteiger partial charge in [-0.15, -0.1) is 0 Å². The van der Waals surface area contributed by atoms with Gasteiger partial charge in [0.2, 0.25) is 11.9 Å². The molecule has 5 rings (SSSR count). The van der Waals surface area contributed by atoms with E-state index in [2.05, 4.69) is 28.5 Å². The minimum absolute atomic E-state index is 0.428. The Morgan fingerprint density at radius 3 is 2.68 bits per heavy atom. The van der Waals surface area contributed by atoms with Crippen LogP contribution in [0.5, 0.6) is 0 Å². The number of allylic oxidation sites excluding steroid dienone is 2. The van der Waals surface area contributed by atoms with E-state index in [-0.39, 0.29) is 0 Å². The number of guanidine groups is 1. The molecule has 4 aliphatic rings. The van der Waals surface area contributed by atoms with Crippen molar-refractivity contribution in [3.8, 4) is 0 Å². The lowest BCUT2D eigenvalue weighted by Crippen LogP contribution is -2.43. The van der Waals surface area contributed by atoms with Crippen molar-refractivity contribution in [1.29, 1.82) is 0 Å². The molecule has 182 valence electrons. The molecule has 4 heterocycles. The van der Waals surface area contributed by atoms with Crippen molar-refractivity contribution in [2.24, 2.45) is 16.6 Å². The fraction of sp³-hybridized carbons (Fsp3) is 0.538. The van der Waals surface area contributed by atoms with Crippen LogP contribution in [0.2, 0.25) is 0 Å². The molecule has 2 N–H and O–H groups in total. The molecule has 1 amide bonds. The Kier molecular flexibility index (Phi) is 6.62. The van der Waals surface area contributed by atoms with Gasteiger partial charge in [-0.05, 0) is 81.9 Å². The van der Waals surface area contributed by atoms with E-state index >= 15 is 0 Å². The van der Waals surface area contributed by atoms with Crippen LogP contribution in [0, 0.1) is 5.92 Å². The molecule has 4 aliphatic heterocycles. The van der Waals surface area contributed by atoms with E-state index < -0.39 is 16.7 Å². The summed E-state index contributed by atoms with van der Waals surface area (Å²) in [6, 6.07) is 5.61. The van der Waals surface area contributed by atoms with Crippen molar-refractivity contribution in [3.05, 3.63) is 45.3 Å². The number of carbonyl (C=O) groups excluding carboxylic acids is 1. The number of nitrogens with two attached hydrogens (primary N) is 1. The summed E-state index contributed by atoms with van der Waals surface area (Å²) >= 11 is 0. The standard InChI is InChI=1S/C26H35N5O2S/c1-18(2)7-9-20-16-21-24(34(20)33)17-31-22-10-8-19(25(27)32)15-23(22)30(26(31)28-21)14-6-13-29-11-4-3-5-12-29/h8,10,15-16,18H,3-7,9,11-14,17H2,1-2H3,(H2,27,32). The number of amides is 1. The molecule has 0 aromatic heterocycles. The number of aliphatic imine (C=N–C) groups is 1. The summed E-state index contributed by atoms with van der Waals surface area (Å²) in [6.07, 6.45) is 8.84.